The lowest BCUT2D eigenvalue weighted by atomic mass is 10.6. The van der Waals surface area contributed by atoms with Crippen molar-refractivity contribution in [2.24, 2.45) is 5.73 Å². The fourth-order valence-corrected chi connectivity index (χ4v) is 0.397. The van der Waals surface area contributed by atoms with Crippen LogP contribution in [0.25, 0.3) is 0 Å². The fraction of sp³-hybridized carbons (Fsp3) is 0. The van der Waals surface area contributed by atoms with Crippen molar-refractivity contribution in [3.8, 4) is 0 Å². The minimum atomic E-state index is 0.563. The van der Waals surface area contributed by atoms with Crippen molar-refractivity contribution in [1.82, 2.24) is 9.97 Å². The average Bonchev–Trinajstić information content (AvgIpc) is 1.90. The Labute approximate surface area is 47.6 Å². The molecule has 0 saturated carbocycles. The molecule has 0 aliphatic rings. The predicted octanol–water partition coefficient (Wildman–Crippen LogP) is -0.0548. The maximum absolute atomic E-state index is 5.10. The molecule has 8 heavy (non-hydrogen) atoms. The second-order valence-corrected chi connectivity index (χ2v) is 1.27. The van der Waals surface area contributed by atoms with E-state index < -0.39 is 0 Å². The summed E-state index contributed by atoms with van der Waals surface area (Å²) in [6, 6.07) is 1.74. The third-order valence-corrected chi connectivity index (χ3v) is 0.735. The third kappa shape index (κ3) is 1.01. The highest BCUT2D eigenvalue weighted by atomic mass is 14.9. The van der Waals surface area contributed by atoms with Crippen LogP contribution in [0.5, 0.6) is 0 Å². The normalized spacial score (nSPS) is 9.12. The molecule has 0 spiro atoms. The van der Waals surface area contributed by atoms with Crippen molar-refractivity contribution in [3.63, 3.8) is 0 Å². The standard InChI is InChI=1S/C5H6N3/c6-4-5-7-2-1-3-8-5/h1-4H,6H2. The second kappa shape index (κ2) is 2.37. The molecule has 0 atom stereocenters. The highest BCUT2D eigenvalue weighted by molar-refractivity contribution is 4.96. The molecule has 0 aliphatic heterocycles. The summed E-state index contributed by atoms with van der Waals surface area (Å²) in [6.07, 6.45) is 3.29. The van der Waals surface area contributed by atoms with Crippen LogP contribution in [0.15, 0.2) is 18.5 Å². The van der Waals surface area contributed by atoms with E-state index in [4.69, 9.17) is 5.73 Å². The quantitative estimate of drug-likeness (QED) is 0.548. The van der Waals surface area contributed by atoms with E-state index in [0.717, 1.165) is 0 Å². The van der Waals surface area contributed by atoms with Crippen molar-refractivity contribution in [2.45, 2.75) is 0 Å². The summed E-state index contributed by atoms with van der Waals surface area (Å²) in [4.78, 5) is 7.61. The molecular formula is C5H6N3. The molecule has 0 fully saturated rings. The smallest absolute Gasteiger partial charge is 0.146 e. The molecule has 0 aliphatic carbocycles. The number of nitrogens with two attached hydrogens (primary N) is 1. The zero-order valence-corrected chi connectivity index (χ0v) is 4.28. The Bertz CT molecular complexity index is 149. The van der Waals surface area contributed by atoms with Gasteiger partial charge in [0.05, 0.1) is 6.54 Å². The van der Waals surface area contributed by atoms with Crippen LogP contribution in [0.4, 0.5) is 0 Å². The molecule has 1 aromatic heterocycles. The van der Waals surface area contributed by atoms with Crippen LogP contribution in [-0.2, 0) is 0 Å². The van der Waals surface area contributed by atoms with Gasteiger partial charge in [-0.05, 0) is 6.07 Å². The van der Waals surface area contributed by atoms with Crippen LogP contribution in [0, 0.1) is 6.54 Å². The highest BCUT2D eigenvalue weighted by Gasteiger charge is 1.84. The summed E-state index contributed by atoms with van der Waals surface area (Å²) in [6.45, 7) is 1.36. The topological polar surface area (TPSA) is 51.8 Å². The van der Waals surface area contributed by atoms with E-state index >= 15 is 0 Å². The predicted molar refractivity (Wildman–Crippen MR) is 29.6 cm³/mol. The lowest BCUT2D eigenvalue weighted by molar-refractivity contribution is 1.05. The molecular weight excluding hydrogens is 102 g/mol. The van der Waals surface area contributed by atoms with Gasteiger partial charge in [-0.3, -0.25) is 0 Å². The zero-order valence-electron chi connectivity index (χ0n) is 4.28. The van der Waals surface area contributed by atoms with Gasteiger partial charge in [0.1, 0.15) is 5.82 Å². The molecule has 3 heteroatoms. The number of hydrogen-bond acceptors (Lipinski definition) is 3. The van der Waals surface area contributed by atoms with E-state index in [2.05, 4.69) is 9.97 Å². The zero-order chi connectivity index (χ0) is 5.82. The lowest BCUT2D eigenvalue weighted by Gasteiger charge is -1.87. The van der Waals surface area contributed by atoms with Crippen LogP contribution in [-0.4, -0.2) is 9.97 Å². The summed E-state index contributed by atoms with van der Waals surface area (Å²) >= 11 is 0. The van der Waals surface area contributed by atoms with Gasteiger partial charge in [0.15, 0.2) is 0 Å². The molecule has 0 unspecified atom stereocenters. The van der Waals surface area contributed by atoms with Gasteiger partial charge in [0.2, 0.25) is 0 Å². The largest absolute Gasteiger partial charge is 0.320 e. The first-order valence-electron chi connectivity index (χ1n) is 2.25. The molecule has 1 heterocycles. The fourth-order valence-electron chi connectivity index (χ4n) is 0.397. The number of nitrogens with zero attached hydrogens (tertiary/aromatic N) is 2. The Morgan fingerprint density at radius 3 is 2.38 bits per heavy atom. The van der Waals surface area contributed by atoms with E-state index in [-0.39, 0.29) is 0 Å². The van der Waals surface area contributed by atoms with Crippen LogP contribution in [0.2, 0.25) is 0 Å². The van der Waals surface area contributed by atoms with Gasteiger partial charge in [0.25, 0.3) is 0 Å². The molecule has 0 amide bonds. The van der Waals surface area contributed by atoms with E-state index in [1.165, 1.54) is 6.54 Å². The maximum atomic E-state index is 5.10. The Balaban J connectivity index is 2.83. The third-order valence-electron chi connectivity index (χ3n) is 0.735. The van der Waals surface area contributed by atoms with E-state index in [1.54, 1.807) is 18.5 Å². The highest BCUT2D eigenvalue weighted by Crippen LogP contribution is 1.83. The molecule has 3 nitrogen and oxygen atoms in total. The van der Waals surface area contributed by atoms with Crippen molar-refractivity contribution in [2.75, 3.05) is 0 Å². The van der Waals surface area contributed by atoms with E-state index in [0.29, 0.717) is 5.82 Å². The summed E-state index contributed by atoms with van der Waals surface area (Å²) in [5, 5.41) is 0. The Morgan fingerprint density at radius 1 is 1.38 bits per heavy atom. The SMILES string of the molecule is N[CH]c1ncccn1. The van der Waals surface area contributed by atoms with E-state index in [9.17, 15) is 0 Å². The van der Waals surface area contributed by atoms with Crippen molar-refractivity contribution < 1.29 is 0 Å². The molecule has 0 aromatic carbocycles. The minimum absolute atomic E-state index is 0.563. The van der Waals surface area contributed by atoms with Gasteiger partial charge >= 0.3 is 0 Å². The first-order chi connectivity index (χ1) is 3.93. The first-order valence-corrected chi connectivity index (χ1v) is 2.25. The molecule has 2 N–H and O–H groups in total. The summed E-state index contributed by atoms with van der Waals surface area (Å²) < 4.78 is 0. The number of aromatic nitrogens is 2. The van der Waals surface area contributed by atoms with Crippen molar-refractivity contribution in [1.29, 1.82) is 0 Å². The minimum Gasteiger partial charge on any atom is -0.320 e. The molecule has 0 bridgehead atoms. The Hall–Kier alpha value is -0.960. The van der Waals surface area contributed by atoms with Gasteiger partial charge in [-0.1, -0.05) is 0 Å². The molecule has 0 saturated heterocycles. The van der Waals surface area contributed by atoms with E-state index in [1.807, 2.05) is 0 Å². The van der Waals surface area contributed by atoms with Crippen LogP contribution < -0.4 is 5.73 Å². The number of rotatable bonds is 1. The first kappa shape index (κ1) is 5.18. The van der Waals surface area contributed by atoms with Crippen LogP contribution >= 0.6 is 0 Å². The van der Waals surface area contributed by atoms with Crippen LogP contribution in [0.3, 0.4) is 0 Å². The van der Waals surface area contributed by atoms with Crippen LogP contribution in [0.1, 0.15) is 5.82 Å². The summed E-state index contributed by atoms with van der Waals surface area (Å²) in [5.74, 6) is 0.563. The molecule has 41 valence electrons. The summed E-state index contributed by atoms with van der Waals surface area (Å²) in [5.41, 5.74) is 5.10. The van der Waals surface area contributed by atoms with Crippen molar-refractivity contribution in [3.05, 3.63) is 30.8 Å². The number of hydrogen-bond donors (Lipinski definition) is 1. The average molecular weight is 108 g/mol. The van der Waals surface area contributed by atoms with Gasteiger partial charge in [0, 0.05) is 12.4 Å². The molecule has 1 rings (SSSR count). The van der Waals surface area contributed by atoms with Gasteiger partial charge < -0.3 is 5.73 Å². The lowest BCUT2D eigenvalue weighted by Crippen LogP contribution is -1.97. The summed E-state index contributed by atoms with van der Waals surface area (Å²) in [7, 11) is 0. The monoisotopic (exact) mass is 108 g/mol. The Kier molecular flexibility index (Phi) is 1.54. The van der Waals surface area contributed by atoms with Crippen molar-refractivity contribution >= 4 is 0 Å². The molecule has 1 radical (unpaired) electrons. The van der Waals surface area contributed by atoms with Gasteiger partial charge in [-0.15, -0.1) is 0 Å². The second-order valence-electron chi connectivity index (χ2n) is 1.27. The molecule has 1 aromatic rings. The van der Waals surface area contributed by atoms with Gasteiger partial charge in [-0.2, -0.15) is 0 Å². The van der Waals surface area contributed by atoms with Gasteiger partial charge in [-0.25, -0.2) is 9.97 Å². The maximum Gasteiger partial charge on any atom is 0.146 e. The Morgan fingerprint density at radius 2 is 2.00 bits per heavy atom.